The molecule has 1 fully saturated rings. The first-order chi connectivity index (χ1) is 12.0. The second kappa shape index (κ2) is 7.70. The Bertz CT molecular complexity index is 731. The summed E-state index contributed by atoms with van der Waals surface area (Å²) in [6.45, 7) is 11.1. The first-order valence-electron chi connectivity index (χ1n) is 8.71. The lowest BCUT2D eigenvalue weighted by atomic mass is 10.2. The molecule has 1 aliphatic heterocycles. The summed E-state index contributed by atoms with van der Waals surface area (Å²) in [6.07, 6.45) is 5.68. The quantitative estimate of drug-likeness (QED) is 0.759. The van der Waals surface area contributed by atoms with E-state index in [0.717, 1.165) is 49.4 Å². The number of aryl methyl sites for hydroxylation is 2. The summed E-state index contributed by atoms with van der Waals surface area (Å²) in [7, 11) is 0. The van der Waals surface area contributed by atoms with E-state index in [4.69, 9.17) is 0 Å². The Morgan fingerprint density at radius 2 is 2.00 bits per heavy atom. The summed E-state index contributed by atoms with van der Waals surface area (Å²) in [4.78, 5) is 17.0. The topological polar surface area (TPSA) is 59.2 Å². The summed E-state index contributed by atoms with van der Waals surface area (Å²) in [5.41, 5.74) is 2.37. The van der Waals surface area contributed by atoms with E-state index in [9.17, 15) is 4.79 Å². The van der Waals surface area contributed by atoms with Gasteiger partial charge >= 0.3 is 0 Å². The van der Waals surface area contributed by atoms with Gasteiger partial charge in [0.1, 0.15) is 6.04 Å². The Hall–Kier alpha value is -1.67. The number of carbonyl (C=O) groups excluding carboxylic acids is 1. The molecule has 2 aromatic rings. The van der Waals surface area contributed by atoms with Gasteiger partial charge in [0.25, 0.3) is 0 Å². The molecule has 1 atom stereocenters. The third-order valence-corrected chi connectivity index (χ3v) is 5.18. The Labute approximate surface area is 156 Å². The Balaban J connectivity index is 1.54. The van der Waals surface area contributed by atoms with Crippen molar-refractivity contribution in [1.29, 1.82) is 0 Å². The molecule has 0 radical (unpaired) electrons. The molecule has 3 rings (SSSR count). The van der Waals surface area contributed by atoms with Gasteiger partial charge in [-0.25, -0.2) is 0 Å². The van der Waals surface area contributed by atoms with Crippen molar-refractivity contribution in [3.8, 4) is 0 Å². The summed E-state index contributed by atoms with van der Waals surface area (Å²) in [5, 5.41) is 8.73. The first-order valence-corrected chi connectivity index (χ1v) is 9.51. The standard InChI is InChI=1S/C17H25BrN6O/c1-4-23-11-15(13(2)20-23)10-21-5-7-22(8-6-21)17(25)14(3)24-12-16(18)9-19-24/h9,11-12,14H,4-8,10H2,1-3H3. The predicted octanol–water partition coefficient (Wildman–Crippen LogP) is 2.08. The van der Waals surface area contributed by atoms with Crippen molar-refractivity contribution >= 4 is 21.8 Å². The van der Waals surface area contributed by atoms with Crippen LogP contribution in [0.15, 0.2) is 23.1 Å². The Kier molecular flexibility index (Phi) is 5.58. The average molecular weight is 409 g/mol. The zero-order valence-electron chi connectivity index (χ0n) is 15.0. The van der Waals surface area contributed by atoms with E-state index in [-0.39, 0.29) is 11.9 Å². The fourth-order valence-electron chi connectivity index (χ4n) is 3.15. The maximum Gasteiger partial charge on any atom is 0.247 e. The molecular formula is C17H25BrN6O. The van der Waals surface area contributed by atoms with Gasteiger partial charge in [0.15, 0.2) is 0 Å². The third kappa shape index (κ3) is 4.12. The van der Waals surface area contributed by atoms with Crippen LogP contribution in [0.25, 0.3) is 0 Å². The van der Waals surface area contributed by atoms with Crippen LogP contribution in [0.4, 0.5) is 0 Å². The van der Waals surface area contributed by atoms with Crippen LogP contribution in [0.5, 0.6) is 0 Å². The van der Waals surface area contributed by atoms with E-state index < -0.39 is 0 Å². The molecule has 8 heteroatoms. The highest BCUT2D eigenvalue weighted by Crippen LogP contribution is 2.16. The number of halogens is 1. The van der Waals surface area contributed by atoms with E-state index in [1.807, 2.05) is 22.7 Å². The average Bonchev–Trinajstić information content (AvgIpc) is 3.20. The van der Waals surface area contributed by atoms with Gasteiger partial charge in [-0.3, -0.25) is 19.1 Å². The predicted molar refractivity (Wildman–Crippen MR) is 99.1 cm³/mol. The number of rotatable bonds is 5. The molecule has 0 aromatic carbocycles. The molecule has 136 valence electrons. The summed E-state index contributed by atoms with van der Waals surface area (Å²) >= 11 is 3.38. The van der Waals surface area contributed by atoms with Gasteiger partial charge in [-0.1, -0.05) is 0 Å². The number of nitrogens with zero attached hydrogens (tertiary/aromatic N) is 6. The highest BCUT2D eigenvalue weighted by atomic mass is 79.9. The molecule has 3 heterocycles. The van der Waals surface area contributed by atoms with Crippen molar-refractivity contribution in [3.05, 3.63) is 34.3 Å². The molecule has 0 saturated carbocycles. The highest BCUT2D eigenvalue weighted by molar-refractivity contribution is 9.10. The molecule has 0 N–H and O–H groups in total. The Morgan fingerprint density at radius 1 is 1.28 bits per heavy atom. The van der Waals surface area contributed by atoms with Gasteiger partial charge in [-0.15, -0.1) is 0 Å². The van der Waals surface area contributed by atoms with Crippen LogP contribution < -0.4 is 0 Å². The van der Waals surface area contributed by atoms with E-state index in [1.54, 1.807) is 10.9 Å². The molecule has 0 spiro atoms. The van der Waals surface area contributed by atoms with E-state index in [2.05, 4.69) is 51.1 Å². The summed E-state index contributed by atoms with van der Waals surface area (Å²) in [5.74, 6) is 0.130. The molecule has 1 amide bonds. The lowest BCUT2D eigenvalue weighted by Crippen LogP contribution is -2.50. The van der Waals surface area contributed by atoms with Crippen LogP contribution in [-0.2, 0) is 17.9 Å². The maximum atomic E-state index is 12.7. The van der Waals surface area contributed by atoms with E-state index in [1.165, 1.54) is 5.56 Å². The van der Waals surface area contributed by atoms with Gasteiger partial charge in [-0.2, -0.15) is 10.2 Å². The first kappa shape index (κ1) is 18.1. The normalized spacial score (nSPS) is 17.0. The van der Waals surface area contributed by atoms with Crippen LogP contribution in [0.3, 0.4) is 0 Å². The van der Waals surface area contributed by atoms with Crippen molar-refractivity contribution in [2.45, 2.75) is 39.9 Å². The number of carbonyl (C=O) groups is 1. The van der Waals surface area contributed by atoms with Crippen molar-refractivity contribution in [2.24, 2.45) is 0 Å². The van der Waals surface area contributed by atoms with Gasteiger partial charge in [0, 0.05) is 57.2 Å². The summed E-state index contributed by atoms with van der Waals surface area (Å²) < 4.78 is 4.58. The number of aromatic nitrogens is 4. The molecule has 0 aliphatic carbocycles. The molecule has 1 unspecified atom stereocenters. The molecule has 1 saturated heterocycles. The monoisotopic (exact) mass is 408 g/mol. The third-order valence-electron chi connectivity index (χ3n) is 4.77. The van der Waals surface area contributed by atoms with Crippen molar-refractivity contribution in [3.63, 3.8) is 0 Å². The number of hydrogen-bond donors (Lipinski definition) is 0. The molecular weight excluding hydrogens is 384 g/mol. The lowest BCUT2D eigenvalue weighted by molar-refractivity contribution is -0.136. The van der Waals surface area contributed by atoms with Crippen molar-refractivity contribution in [1.82, 2.24) is 29.4 Å². The molecule has 25 heavy (non-hydrogen) atoms. The van der Waals surface area contributed by atoms with E-state index >= 15 is 0 Å². The minimum atomic E-state index is -0.275. The summed E-state index contributed by atoms with van der Waals surface area (Å²) in [6, 6.07) is -0.275. The van der Waals surface area contributed by atoms with Gasteiger partial charge in [-0.05, 0) is 36.7 Å². The van der Waals surface area contributed by atoms with E-state index in [0.29, 0.717) is 0 Å². The fourth-order valence-corrected chi connectivity index (χ4v) is 3.45. The fraction of sp³-hybridized carbons (Fsp3) is 0.588. The SMILES string of the molecule is CCn1cc(CN2CCN(C(=O)C(C)n3cc(Br)cn3)CC2)c(C)n1. The van der Waals surface area contributed by atoms with Crippen LogP contribution in [0, 0.1) is 6.92 Å². The zero-order chi connectivity index (χ0) is 18.0. The van der Waals surface area contributed by atoms with Crippen molar-refractivity contribution < 1.29 is 4.79 Å². The van der Waals surface area contributed by atoms with Crippen LogP contribution in [0.2, 0.25) is 0 Å². The van der Waals surface area contributed by atoms with Crippen LogP contribution >= 0.6 is 15.9 Å². The number of piperazine rings is 1. The second-order valence-corrected chi connectivity index (χ2v) is 7.43. The van der Waals surface area contributed by atoms with Gasteiger partial charge in [0.2, 0.25) is 5.91 Å². The lowest BCUT2D eigenvalue weighted by Gasteiger charge is -2.35. The minimum absolute atomic E-state index is 0.130. The number of amides is 1. The minimum Gasteiger partial charge on any atom is -0.338 e. The maximum absolute atomic E-state index is 12.7. The van der Waals surface area contributed by atoms with Crippen LogP contribution in [-0.4, -0.2) is 61.4 Å². The smallest absolute Gasteiger partial charge is 0.247 e. The molecule has 1 aliphatic rings. The molecule has 2 aromatic heterocycles. The Morgan fingerprint density at radius 3 is 2.56 bits per heavy atom. The second-order valence-electron chi connectivity index (χ2n) is 6.51. The highest BCUT2D eigenvalue weighted by Gasteiger charge is 2.26. The molecule has 7 nitrogen and oxygen atoms in total. The zero-order valence-corrected chi connectivity index (χ0v) is 16.6. The number of hydrogen-bond acceptors (Lipinski definition) is 4. The van der Waals surface area contributed by atoms with Crippen molar-refractivity contribution in [2.75, 3.05) is 26.2 Å². The van der Waals surface area contributed by atoms with Crippen LogP contribution in [0.1, 0.15) is 31.1 Å². The largest absolute Gasteiger partial charge is 0.338 e. The van der Waals surface area contributed by atoms with Gasteiger partial charge in [0.05, 0.1) is 16.4 Å². The van der Waals surface area contributed by atoms with Gasteiger partial charge < -0.3 is 4.90 Å². The molecule has 0 bridgehead atoms.